The quantitative estimate of drug-likeness (QED) is 0.0970. The van der Waals surface area contributed by atoms with Crippen LogP contribution in [0.4, 0.5) is 23.3 Å². The molecule has 1 amide bonds. The Kier molecular flexibility index (Phi) is 16.0. The molecule has 0 aliphatic carbocycles. The van der Waals surface area contributed by atoms with Crippen molar-refractivity contribution in [3.63, 3.8) is 0 Å². The van der Waals surface area contributed by atoms with Crippen molar-refractivity contribution in [3.05, 3.63) is 192 Å². The first-order valence-corrected chi connectivity index (χ1v) is 25.8. The summed E-state index contributed by atoms with van der Waals surface area (Å²) in [7, 11) is 4.18. The molecule has 0 bridgehead atoms. The highest BCUT2D eigenvalue weighted by Gasteiger charge is 2.23. The topological polar surface area (TPSA) is 123 Å². The van der Waals surface area contributed by atoms with Gasteiger partial charge in [-0.05, 0) is 141 Å². The Balaban J connectivity index is 0.000000180. The number of amides is 1. The van der Waals surface area contributed by atoms with Gasteiger partial charge in [0.2, 0.25) is 11.9 Å². The Morgan fingerprint density at radius 1 is 0.625 bits per heavy atom. The van der Waals surface area contributed by atoms with Gasteiger partial charge in [-0.2, -0.15) is 0 Å². The van der Waals surface area contributed by atoms with Crippen LogP contribution in [0.3, 0.4) is 0 Å². The van der Waals surface area contributed by atoms with E-state index in [1.807, 2.05) is 71.6 Å². The Bertz CT molecular complexity index is 3230. The monoisotopic (exact) mass is 989 g/mol. The summed E-state index contributed by atoms with van der Waals surface area (Å²) >= 11 is 3.45. The smallest absolute Gasteiger partial charge is 0.254 e. The molecule has 0 radical (unpaired) electrons. The Morgan fingerprint density at radius 2 is 1.18 bits per heavy atom. The van der Waals surface area contributed by atoms with Gasteiger partial charge in [-0.1, -0.05) is 91.0 Å². The number of nitrogens with one attached hydrogen (secondary N) is 2. The maximum atomic E-state index is 13.2. The number of thiophene rings is 2. The third kappa shape index (κ3) is 12.4. The molecule has 9 aromatic rings. The molecule has 1 saturated heterocycles. The maximum absolute atomic E-state index is 13.2. The zero-order chi connectivity index (χ0) is 50.0. The van der Waals surface area contributed by atoms with E-state index in [1.165, 1.54) is 43.1 Å². The molecule has 72 heavy (non-hydrogen) atoms. The number of piperazine rings is 1. The predicted molar refractivity (Wildman–Crippen MR) is 297 cm³/mol. The zero-order valence-electron chi connectivity index (χ0n) is 41.3. The number of hydrogen-bond donors (Lipinski definition) is 3. The summed E-state index contributed by atoms with van der Waals surface area (Å²) < 4.78 is 0. The number of hydrogen-bond acceptors (Lipinski definition) is 12. The second kappa shape index (κ2) is 23.2. The molecule has 364 valence electrons. The van der Waals surface area contributed by atoms with E-state index < -0.39 is 6.10 Å². The van der Waals surface area contributed by atoms with E-state index in [-0.39, 0.29) is 5.91 Å². The molecule has 0 saturated carbocycles. The lowest BCUT2D eigenvalue weighted by molar-refractivity contribution is 0.0629. The summed E-state index contributed by atoms with van der Waals surface area (Å²) in [5.74, 6) is 1.10. The SMILES string of the molecule is CC(O)c1cccc(Nc2nccc(-c3ccc(-c4ccccc4-c4ccccc4)s3)n2)c1.Cc1cccc(C)c1-c1ccc(-c2ccnc(Nc3cccc(C(=O)N4CCN(CCN(C)C)CC4)c3)n2)s1. The van der Waals surface area contributed by atoms with Crippen molar-refractivity contribution >= 4 is 51.9 Å². The van der Waals surface area contributed by atoms with Crippen LogP contribution in [0.2, 0.25) is 0 Å². The molecule has 3 N–H and O–H groups in total. The van der Waals surface area contributed by atoms with Crippen LogP contribution in [0, 0.1) is 13.8 Å². The molecular formula is C59H59N9O2S2. The number of anilines is 4. The van der Waals surface area contributed by atoms with E-state index in [2.05, 4.69) is 149 Å². The molecule has 0 spiro atoms. The first-order valence-electron chi connectivity index (χ1n) is 24.2. The number of likely N-dealkylation sites (N-methyl/N-ethyl adjacent to an activating group) is 1. The highest BCUT2D eigenvalue weighted by Crippen LogP contribution is 2.40. The summed E-state index contributed by atoms with van der Waals surface area (Å²) in [6.07, 6.45) is 3.01. The Labute approximate surface area is 430 Å². The van der Waals surface area contributed by atoms with Crippen LogP contribution in [0.25, 0.3) is 53.2 Å². The van der Waals surface area contributed by atoms with Crippen LogP contribution < -0.4 is 10.6 Å². The van der Waals surface area contributed by atoms with Gasteiger partial charge in [0.05, 0.1) is 27.2 Å². The van der Waals surface area contributed by atoms with Crippen molar-refractivity contribution in [3.8, 4) is 53.2 Å². The number of rotatable bonds is 14. The van der Waals surface area contributed by atoms with Gasteiger partial charge in [-0.15, -0.1) is 22.7 Å². The fraction of sp³-hybridized carbons (Fsp3) is 0.203. The number of aryl methyl sites for hydroxylation is 2. The number of aliphatic hydroxyl groups excluding tert-OH is 1. The maximum Gasteiger partial charge on any atom is 0.254 e. The van der Waals surface area contributed by atoms with Crippen LogP contribution >= 0.6 is 22.7 Å². The third-order valence-electron chi connectivity index (χ3n) is 12.5. The first-order chi connectivity index (χ1) is 35.0. The van der Waals surface area contributed by atoms with Crippen LogP contribution in [-0.4, -0.2) is 99.0 Å². The van der Waals surface area contributed by atoms with Crippen molar-refractivity contribution in [1.29, 1.82) is 0 Å². The van der Waals surface area contributed by atoms with Gasteiger partial charge in [-0.25, -0.2) is 19.9 Å². The lowest BCUT2D eigenvalue weighted by Crippen LogP contribution is -2.49. The molecule has 5 heterocycles. The summed E-state index contributed by atoms with van der Waals surface area (Å²) in [6, 6.07) is 53.0. The minimum Gasteiger partial charge on any atom is -0.389 e. The normalized spacial score (nSPS) is 13.1. The molecule has 11 nitrogen and oxygen atoms in total. The molecule has 10 rings (SSSR count). The van der Waals surface area contributed by atoms with Crippen LogP contribution in [0.15, 0.2) is 170 Å². The van der Waals surface area contributed by atoms with Crippen molar-refractivity contribution in [2.75, 3.05) is 64.0 Å². The Morgan fingerprint density at radius 3 is 1.82 bits per heavy atom. The average Bonchev–Trinajstić information content (AvgIpc) is 4.11. The first kappa shape index (κ1) is 49.6. The standard InChI is InChI=1S/C31H36N6OS.C28H23N3OS/c1-22-7-5-8-23(2)29(22)28-12-11-27(39-28)26-13-14-32-31(34-26)33-25-10-6-9-24(21-25)30(38)37-19-17-36(18-20-37)16-15-35(3)4;1-19(32)21-10-7-11-22(18-21)30-28-29-17-16-25(31-28)27-15-14-26(33-27)24-13-6-5-12-23(24)20-8-3-2-4-9-20/h5-14,21H,15-20H2,1-4H3,(H,32,33,34);2-19,32H,1H3,(H,29,30,31). The number of nitrogens with zero attached hydrogens (tertiary/aromatic N) is 7. The van der Waals surface area contributed by atoms with E-state index in [0.717, 1.165) is 77.3 Å². The van der Waals surface area contributed by atoms with E-state index in [4.69, 9.17) is 9.97 Å². The number of aromatic nitrogens is 4. The number of aliphatic hydroxyl groups is 1. The van der Waals surface area contributed by atoms with Crippen molar-refractivity contribution in [2.24, 2.45) is 0 Å². The fourth-order valence-electron chi connectivity index (χ4n) is 8.68. The summed E-state index contributed by atoms with van der Waals surface area (Å²) in [6.45, 7) is 11.4. The third-order valence-corrected chi connectivity index (χ3v) is 14.8. The molecule has 1 atom stereocenters. The van der Waals surface area contributed by atoms with Gasteiger partial charge in [0.25, 0.3) is 5.91 Å². The molecule has 1 aliphatic rings. The molecule has 1 aliphatic heterocycles. The highest BCUT2D eigenvalue weighted by atomic mass is 32.1. The molecular weight excluding hydrogens is 931 g/mol. The van der Waals surface area contributed by atoms with Crippen molar-refractivity contribution in [1.82, 2.24) is 34.6 Å². The van der Waals surface area contributed by atoms with Crippen LogP contribution in [0.5, 0.6) is 0 Å². The fourth-order valence-corrected chi connectivity index (χ4v) is 10.8. The van der Waals surface area contributed by atoms with Crippen LogP contribution in [-0.2, 0) is 0 Å². The van der Waals surface area contributed by atoms with Gasteiger partial charge in [0.1, 0.15) is 0 Å². The van der Waals surface area contributed by atoms with E-state index in [0.29, 0.717) is 17.5 Å². The molecule has 13 heteroatoms. The predicted octanol–water partition coefficient (Wildman–Crippen LogP) is 12.9. The van der Waals surface area contributed by atoms with E-state index >= 15 is 0 Å². The minimum atomic E-state index is -0.526. The van der Waals surface area contributed by atoms with E-state index in [9.17, 15) is 9.90 Å². The molecule has 5 aromatic carbocycles. The molecule has 1 unspecified atom stereocenters. The van der Waals surface area contributed by atoms with Gasteiger partial charge in [-0.3, -0.25) is 9.69 Å². The number of carbonyl (C=O) groups excluding carboxylic acids is 1. The summed E-state index contributed by atoms with van der Waals surface area (Å²) in [5, 5.41) is 16.4. The second-order valence-electron chi connectivity index (χ2n) is 18.1. The second-order valence-corrected chi connectivity index (χ2v) is 20.3. The zero-order valence-corrected chi connectivity index (χ0v) is 42.9. The summed E-state index contributed by atoms with van der Waals surface area (Å²) in [5.41, 5.74) is 12.4. The minimum absolute atomic E-state index is 0.0678. The van der Waals surface area contributed by atoms with Crippen molar-refractivity contribution < 1.29 is 9.90 Å². The number of benzene rings is 5. The Hall–Kier alpha value is -7.39. The highest BCUT2D eigenvalue weighted by molar-refractivity contribution is 7.19. The molecule has 1 fully saturated rings. The number of carbonyl (C=O) groups is 1. The summed E-state index contributed by atoms with van der Waals surface area (Å²) in [4.78, 5) is 42.7. The van der Waals surface area contributed by atoms with Gasteiger partial charge in [0.15, 0.2) is 0 Å². The van der Waals surface area contributed by atoms with Gasteiger partial charge in [0, 0.05) is 78.4 Å². The lowest BCUT2D eigenvalue weighted by Gasteiger charge is -2.35. The van der Waals surface area contributed by atoms with Crippen molar-refractivity contribution in [2.45, 2.75) is 26.9 Å². The average molecular weight is 990 g/mol. The largest absolute Gasteiger partial charge is 0.389 e. The lowest BCUT2D eigenvalue weighted by atomic mass is 9.99. The van der Waals surface area contributed by atoms with Gasteiger partial charge < -0.3 is 25.5 Å². The van der Waals surface area contributed by atoms with Gasteiger partial charge >= 0.3 is 0 Å². The molecule has 4 aromatic heterocycles. The van der Waals surface area contributed by atoms with E-state index in [1.54, 1.807) is 42.0 Å². The van der Waals surface area contributed by atoms with Crippen LogP contribution in [0.1, 0.15) is 40.1 Å².